The smallest absolute Gasteiger partial charge is 0.121 e. The number of rotatable bonds is 4. The third kappa shape index (κ3) is 3.16. The first-order valence-corrected chi connectivity index (χ1v) is 5.98. The number of hydrogen-bond acceptors (Lipinski definition) is 3. The molecule has 1 aliphatic heterocycles. The van der Waals surface area contributed by atoms with E-state index >= 15 is 0 Å². The maximum atomic E-state index is 5.51. The van der Waals surface area contributed by atoms with Gasteiger partial charge >= 0.3 is 0 Å². The van der Waals surface area contributed by atoms with Crippen LogP contribution in [0.25, 0.3) is 0 Å². The average Bonchev–Trinajstić information content (AvgIpc) is 2.38. The molecule has 0 saturated heterocycles. The Labute approximate surface area is 102 Å². The predicted octanol–water partition coefficient (Wildman–Crippen LogP) is 3.11. The Hall–Kier alpha value is -1.64. The summed E-state index contributed by atoms with van der Waals surface area (Å²) in [6, 6.07) is 6.11. The summed E-state index contributed by atoms with van der Waals surface area (Å²) >= 11 is 0. The average molecular weight is 233 g/mol. The molecular formula is C14H19NO2. The standard InChI is InChI=1S/C14H19NO2/c1-11-9-12(6-7-14(11)16-2)15-10-13-5-3-4-8-17-13/h4,6-9,13,15H,3,5,10H2,1-2H3. The highest BCUT2D eigenvalue weighted by atomic mass is 16.5. The van der Waals surface area contributed by atoms with Gasteiger partial charge in [-0.25, -0.2) is 0 Å². The molecule has 1 aliphatic rings. The van der Waals surface area contributed by atoms with E-state index in [0.29, 0.717) is 0 Å². The summed E-state index contributed by atoms with van der Waals surface area (Å²) < 4.78 is 10.7. The Morgan fingerprint density at radius 3 is 3.00 bits per heavy atom. The van der Waals surface area contributed by atoms with Crippen LogP contribution in [0.3, 0.4) is 0 Å². The molecule has 0 spiro atoms. The van der Waals surface area contributed by atoms with Gasteiger partial charge in [0.2, 0.25) is 0 Å². The Kier molecular flexibility index (Phi) is 3.91. The van der Waals surface area contributed by atoms with E-state index in [0.717, 1.165) is 36.4 Å². The van der Waals surface area contributed by atoms with Crippen molar-refractivity contribution in [2.75, 3.05) is 19.0 Å². The van der Waals surface area contributed by atoms with Crippen LogP contribution >= 0.6 is 0 Å². The number of nitrogens with one attached hydrogen (secondary N) is 1. The van der Waals surface area contributed by atoms with Gasteiger partial charge in [0, 0.05) is 5.69 Å². The monoisotopic (exact) mass is 233 g/mol. The molecule has 92 valence electrons. The fourth-order valence-electron chi connectivity index (χ4n) is 1.96. The molecule has 0 saturated carbocycles. The zero-order valence-electron chi connectivity index (χ0n) is 10.4. The predicted molar refractivity (Wildman–Crippen MR) is 69.5 cm³/mol. The molecule has 0 fully saturated rings. The highest BCUT2D eigenvalue weighted by Crippen LogP contribution is 2.21. The topological polar surface area (TPSA) is 30.5 Å². The molecule has 3 heteroatoms. The molecule has 17 heavy (non-hydrogen) atoms. The minimum absolute atomic E-state index is 0.280. The van der Waals surface area contributed by atoms with Gasteiger partial charge in [-0.2, -0.15) is 0 Å². The number of methoxy groups -OCH3 is 1. The Balaban J connectivity index is 1.90. The van der Waals surface area contributed by atoms with Gasteiger partial charge in [0.05, 0.1) is 19.9 Å². The second-order valence-electron chi connectivity index (χ2n) is 4.27. The SMILES string of the molecule is COc1ccc(NCC2CCC=CO2)cc1C. The van der Waals surface area contributed by atoms with Crippen molar-refractivity contribution in [2.45, 2.75) is 25.9 Å². The summed E-state index contributed by atoms with van der Waals surface area (Å²) in [6.45, 7) is 2.89. The Morgan fingerprint density at radius 1 is 1.47 bits per heavy atom. The lowest BCUT2D eigenvalue weighted by molar-refractivity contribution is 0.135. The first kappa shape index (κ1) is 11.8. The number of aryl methyl sites for hydroxylation is 1. The van der Waals surface area contributed by atoms with Crippen molar-refractivity contribution in [2.24, 2.45) is 0 Å². The van der Waals surface area contributed by atoms with Crippen molar-refractivity contribution in [3.63, 3.8) is 0 Å². The van der Waals surface area contributed by atoms with Crippen LogP contribution in [0.5, 0.6) is 5.75 Å². The molecule has 1 unspecified atom stereocenters. The molecular weight excluding hydrogens is 214 g/mol. The molecule has 0 aliphatic carbocycles. The van der Waals surface area contributed by atoms with Crippen molar-refractivity contribution < 1.29 is 9.47 Å². The van der Waals surface area contributed by atoms with Gasteiger partial charge in [-0.05, 0) is 49.6 Å². The lowest BCUT2D eigenvalue weighted by atomic mass is 10.1. The van der Waals surface area contributed by atoms with E-state index < -0.39 is 0 Å². The normalized spacial score (nSPS) is 18.6. The summed E-state index contributed by atoms with van der Waals surface area (Å²) in [7, 11) is 1.69. The lowest BCUT2D eigenvalue weighted by Gasteiger charge is -2.20. The molecule has 0 radical (unpaired) electrons. The molecule has 1 atom stereocenters. The van der Waals surface area contributed by atoms with E-state index in [2.05, 4.69) is 17.5 Å². The Bertz CT molecular complexity index is 401. The van der Waals surface area contributed by atoms with E-state index in [1.807, 2.05) is 19.1 Å². The summed E-state index contributed by atoms with van der Waals surface area (Å²) in [5.74, 6) is 0.924. The number of benzene rings is 1. The zero-order chi connectivity index (χ0) is 12.1. The highest BCUT2D eigenvalue weighted by Gasteiger charge is 2.10. The second kappa shape index (κ2) is 5.62. The molecule has 1 aromatic rings. The van der Waals surface area contributed by atoms with E-state index in [-0.39, 0.29) is 6.10 Å². The maximum absolute atomic E-state index is 5.51. The molecule has 3 nitrogen and oxygen atoms in total. The van der Waals surface area contributed by atoms with Gasteiger partial charge in [0.1, 0.15) is 11.9 Å². The summed E-state index contributed by atoms with van der Waals surface area (Å²) in [4.78, 5) is 0. The van der Waals surface area contributed by atoms with Crippen LogP contribution in [0.1, 0.15) is 18.4 Å². The molecule has 0 aromatic heterocycles. The van der Waals surface area contributed by atoms with E-state index in [4.69, 9.17) is 9.47 Å². The fraction of sp³-hybridized carbons (Fsp3) is 0.429. The molecule has 1 N–H and O–H groups in total. The summed E-state index contributed by atoms with van der Waals surface area (Å²) in [5.41, 5.74) is 2.25. The third-order valence-corrected chi connectivity index (χ3v) is 2.95. The third-order valence-electron chi connectivity index (χ3n) is 2.95. The zero-order valence-corrected chi connectivity index (χ0v) is 10.4. The fourth-order valence-corrected chi connectivity index (χ4v) is 1.96. The van der Waals surface area contributed by atoms with E-state index in [1.165, 1.54) is 0 Å². The van der Waals surface area contributed by atoms with Crippen molar-refractivity contribution >= 4 is 5.69 Å². The van der Waals surface area contributed by atoms with Crippen LogP contribution < -0.4 is 10.1 Å². The highest BCUT2D eigenvalue weighted by molar-refractivity contribution is 5.50. The van der Waals surface area contributed by atoms with E-state index in [1.54, 1.807) is 13.4 Å². The number of ether oxygens (including phenoxy) is 2. The molecule has 0 bridgehead atoms. The van der Waals surface area contributed by atoms with Gasteiger partial charge < -0.3 is 14.8 Å². The van der Waals surface area contributed by atoms with Gasteiger partial charge in [-0.3, -0.25) is 0 Å². The first-order chi connectivity index (χ1) is 8.29. The van der Waals surface area contributed by atoms with Crippen LogP contribution in [0.4, 0.5) is 5.69 Å². The van der Waals surface area contributed by atoms with Crippen LogP contribution in [-0.4, -0.2) is 19.8 Å². The van der Waals surface area contributed by atoms with Crippen LogP contribution in [0.2, 0.25) is 0 Å². The maximum Gasteiger partial charge on any atom is 0.121 e. The van der Waals surface area contributed by atoms with E-state index in [9.17, 15) is 0 Å². The van der Waals surface area contributed by atoms with Crippen LogP contribution in [0, 0.1) is 6.92 Å². The molecule has 2 rings (SSSR count). The van der Waals surface area contributed by atoms with Crippen molar-refractivity contribution in [3.8, 4) is 5.75 Å². The quantitative estimate of drug-likeness (QED) is 0.866. The van der Waals surface area contributed by atoms with Gasteiger partial charge in [0.15, 0.2) is 0 Å². The molecule has 0 amide bonds. The second-order valence-corrected chi connectivity index (χ2v) is 4.27. The van der Waals surface area contributed by atoms with Crippen LogP contribution in [-0.2, 0) is 4.74 Å². The van der Waals surface area contributed by atoms with Gasteiger partial charge in [-0.15, -0.1) is 0 Å². The number of allylic oxidation sites excluding steroid dienone is 1. The van der Waals surface area contributed by atoms with Crippen molar-refractivity contribution in [1.82, 2.24) is 0 Å². The summed E-state index contributed by atoms with van der Waals surface area (Å²) in [5, 5.41) is 3.39. The van der Waals surface area contributed by atoms with Gasteiger partial charge in [-0.1, -0.05) is 0 Å². The molecule has 1 heterocycles. The minimum Gasteiger partial charge on any atom is -0.497 e. The Morgan fingerprint density at radius 2 is 2.35 bits per heavy atom. The largest absolute Gasteiger partial charge is 0.497 e. The number of anilines is 1. The van der Waals surface area contributed by atoms with Crippen molar-refractivity contribution in [1.29, 1.82) is 0 Å². The lowest BCUT2D eigenvalue weighted by Crippen LogP contribution is -2.22. The van der Waals surface area contributed by atoms with Crippen LogP contribution in [0.15, 0.2) is 30.5 Å². The first-order valence-electron chi connectivity index (χ1n) is 5.98. The number of hydrogen-bond donors (Lipinski definition) is 1. The van der Waals surface area contributed by atoms with Crippen molar-refractivity contribution in [3.05, 3.63) is 36.1 Å². The summed E-state index contributed by atoms with van der Waals surface area (Å²) in [6.07, 6.45) is 6.33. The molecule has 1 aromatic carbocycles. The minimum atomic E-state index is 0.280. The van der Waals surface area contributed by atoms with Gasteiger partial charge in [0.25, 0.3) is 0 Å².